The Hall–Kier alpha value is -2.79. The first-order valence-electron chi connectivity index (χ1n) is 9.43. The maximum absolute atomic E-state index is 12.7. The number of amides is 2. The molecule has 0 fully saturated rings. The number of H-pyrrole nitrogens is 1. The third-order valence-electron chi connectivity index (χ3n) is 5.30. The average molecular weight is 396 g/mol. The molecule has 3 aromatic rings. The molecule has 6 heteroatoms. The molecule has 0 aliphatic carbocycles. The number of aryl methyl sites for hydroxylation is 1. The van der Waals surface area contributed by atoms with E-state index in [2.05, 4.69) is 10.3 Å². The second kappa shape index (κ2) is 7.68. The highest BCUT2D eigenvalue weighted by Gasteiger charge is 2.24. The van der Waals surface area contributed by atoms with E-state index < -0.39 is 0 Å². The zero-order valence-corrected chi connectivity index (χ0v) is 16.5. The number of fused-ring (bicyclic) bond motifs is 3. The Bertz CT molecular complexity index is 1060. The Balaban J connectivity index is 1.37. The van der Waals surface area contributed by atoms with Gasteiger partial charge in [-0.1, -0.05) is 29.8 Å². The van der Waals surface area contributed by atoms with Gasteiger partial charge in [0.15, 0.2) is 0 Å². The highest BCUT2D eigenvalue weighted by atomic mass is 35.5. The first-order chi connectivity index (χ1) is 13.5. The molecule has 4 rings (SSSR count). The molecule has 2 amide bonds. The molecule has 1 aliphatic rings. The van der Waals surface area contributed by atoms with Crippen molar-refractivity contribution in [3.05, 3.63) is 69.9 Å². The fraction of sp³-hybridized carbons (Fsp3) is 0.273. The maximum Gasteiger partial charge on any atom is 0.251 e. The number of benzene rings is 2. The van der Waals surface area contributed by atoms with Gasteiger partial charge < -0.3 is 15.2 Å². The number of aromatic amines is 1. The van der Waals surface area contributed by atoms with Gasteiger partial charge in [-0.25, -0.2) is 0 Å². The van der Waals surface area contributed by atoms with Crippen molar-refractivity contribution in [3.8, 4) is 0 Å². The van der Waals surface area contributed by atoms with E-state index in [9.17, 15) is 9.59 Å². The fourth-order valence-corrected chi connectivity index (χ4v) is 3.94. The molecule has 2 heterocycles. The number of rotatable bonds is 4. The number of nitrogens with one attached hydrogen (secondary N) is 2. The molecule has 1 aromatic heterocycles. The average Bonchev–Trinajstić information content (AvgIpc) is 3.05. The molecule has 0 saturated heterocycles. The maximum atomic E-state index is 12.7. The predicted octanol–water partition coefficient (Wildman–Crippen LogP) is 3.83. The number of hydrogen-bond acceptors (Lipinski definition) is 2. The zero-order valence-electron chi connectivity index (χ0n) is 15.7. The number of hydrogen-bond donors (Lipinski definition) is 2. The van der Waals surface area contributed by atoms with Crippen LogP contribution in [0.15, 0.2) is 42.5 Å². The summed E-state index contributed by atoms with van der Waals surface area (Å²) >= 11 is 6.14. The Morgan fingerprint density at radius 2 is 2.04 bits per heavy atom. The molecule has 0 radical (unpaired) electrons. The van der Waals surface area contributed by atoms with Crippen LogP contribution in [0.25, 0.3) is 10.9 Å². The van der Waals surface area contributed by atoms with Gasteiger partial charge in [0.2, 0.25) is 5.91 Å². The van der Waals surface area contributed by atoms with Crippen LogP contribution in [0, 0.1) is 6.92 Å². The van der Waals surface area contributed by atoms with Gasteiger partial charge in [0.25, 0.3) is 5.91 Å². The molecule has 2 N–H and O–H groups in total. The van der Waals surface area contributed by atoms with E-state index in [1.54, 1.807) is 6.07 Å². The minimum absolute atomic E-state index is 0.0483. The molecule has 0 spiro atoms. The van der Waals surface area contributed by atoms with E-state index in [0.29, 0.717) is 30.2 Å². The monoisotopic (exact) mass is 395 g/mol. The largest absolute Gasteiger partial charge is 0.358 e. The lowest BCUT2D eigenvalue weighted by Crippen LogP contribution is -2.38. The lowest BCUT2D eigenvalue weighted by molar-refractivity contribution is -0.131. The summed E-state index contributed by atoms with van der Waals surface area (Å²) < 4.78 is 0. The van der Waals surface area contributed by atoms with Gasteiger partial charge in [-0.05, 0) is 36.8 Å². The second-order valence-electron chi connectivity index (χ2n) is 7.16. The van der Waals surface area contributed by atoms with E-state index >= 15 is 0 Å². The topological polar surface area (TPSA) is 65.2 Å². The second-order valence-corrected chi connectivity index (χ2v) is 7.59. The molecule has 28 heavy (non-hydrogen) atoms. The van der Waals surface area contributed by atoms with Crippen LogP contribution >= 0.6 is 11.6 Å². The summed E-state index contributed by atoms with van der Waals surface area (Å²) in [6, 6.07) is 13.2. The summed E-state index contributed by atoms with van der Waals surface area (Å²) in [5.74, 6) is -0.0924. The minimum atomic E-state index is -0.141. The van der Waals surface area contributed by atoms with Gasteiger partial charge in [-0.3, -0.25) is 9.59 Å². The molecule has 2 aromatic carbocycles. The van der Waals surface area contributed by atoms with Crippen LogP contribution in [-0.2, 0) is 17.8 Å². The van der Waals surface area contributed by atoms with Gasteiger partial charge in [-0.2, -0.15) is 0 Å². The highest BCUT2D eigenvalue weighted by Crippen LogP contribution is 2.29. The molecular formula is C22H22ClN3O2. The highest BCUT2D eigenvalue weighted by molar-refractivity contribution is 6.31. The quantitative estimate of drug-likeness (QED) is 0.705. The van der Waals surface area contributed by atoms with Crippen molar-refractivity contribution >= 4 is 34.3 Å². The minimum Gasteiger partial charge on any atom is -0.358 e. The van der Waals surface area contributed by atoms with Crippen LogP contribution in [0.5, 0.6) is 0 Å². The standard InChI is InChI=1S/C22H22ClN3O2/c1-14-4-2-3-5-16(14)22(28)24-10-8-21(27)26-11-9-20-18(13-26)17-12-15(23)6-7-19(17)25-20/h2-7,12,25H,8-11,13H2,1H3,(H,24,28). The van der Waals surface area contributed by atoms with Crippen molar-refractivity contribution in [2.75, 3.05) is 13.1 Å². The Kier molecular flexibility index (Phi) is 5.09. The lowest BCUT2D eigenvalue weighted by atomic mass is 10.0. The van der Waals surface area contributed by atoms with E-state index in [0.717, 1.165) is 28.5 Å². The van der Waals surface area contributed by atoms with Gasteiger partial charge in [0.05, 0.1) is 0 Å². The van der Waals surface area contributed by atoms with E-state index in [4.69, 9.17) is 11.6 Å². The normalized spacial score (nSPS) is 13.4. The Labute approximate surface area is 168 Å². The molecular weight excluding hydrogens is 374 g/mol. The number of halogens is 1. The summed E-state index contributed by atoms with van der Waals surface area (Å²) in [6.07, 6.45) is 1.08. The summed E-state index contributed by atoms with van der Waals surface area (Å²) in [6.45, 7) is 3.48. The molecule has 144 valence electrons. The van der Waals surface area contributed by atoms with Crippen molar-refractivity contribution in [1.82, 2.24) is 15.2 Å². The molecule has 0 bridgehead atoms. The lowest BCUT2D eigenvalue weighted by Gasteiger charge is -2.27. The van der Waals surface area contributed by atoms with Gasteiger partial charge in [0.1, 0.15) is 0 Å². The fourth-order valence-electron chi connectivity index (χ4n) is 3.76. The van der Waals surface area contributed by atoms with Crippen LogP contribution in [0.2, 0.25) is 5.02 Å². The molecule has 5 nitrogen and oxygen atoms in total. The van der Waals surface area contributed by atoms with Crippen molar-refractivity contribution in [2.24, 2.45) is 0 Å². The Morgan fingerprint density at radius 3 is 2.86 bits per heavy atom. The first kappa shape index (κ1) is 18.6. The smallest absolute Gasteiger partial charge is 0.251 e. The predicted molar refractivity (Wildman–Crippen MR) is 111 cm³/mol. The van der Waals surface area contributed by atoms with Crippen LogP contribution in [-0.4, -0.2) is 34.8 Å². The zero-order chi connectivity index (χ0) is 19.7. The SMILES string of the molecule is Cc1ccccc1C(=O)NCCC(=O)N1CCc2[nH]c3ccc(Cl)cc3c2C1. The summed E-state index contributed by atoms with van der Waals surface area (Å²) in [4.78, 5) is 30.2. The van der Waals surface area contributed by atoms with Crippen LogP contribution in [0.4, 0.5) is 0 Å². The van der Waals surface area contributed by atoms with Crippen molar-refractivity contribution < 1.29 is 9.59 Å². The summed E-state index contributed by atoms with van der Waals surface area (Å²) in [5, 5.41) is 4.62. The third kappa shape index (κ3) is 3.62. The summed E-state index contributed by atoms with van der Waals surface area (Å²) in [5.41, 5.74) is 4.94. The van der Waals surface area contributed by atoms with Gasteiger partial charge >= 0.3 is 0 Å². The van der Waals surface area contributed by atoms with Gasteiger partial charge in [0, 0.05) is 65.2 Å². The van der Waals surface area contributed by atoms with Crippen LogP contribution in [0.1, 0.15) is 33.6 Å². The number of aromatic nitrogens is 1. The van der Waals surface area contributed by atoms with Crippen molar-refractivity contribution in [2.45, 2.75) is 26.3 Å². The number of carbonyl (C=O) groups is 2. The van der Waals surface area contributed by atoms with Crippen LogP contribution in [0.3, 0.4) is 0 Å². The molecule has 0 atom stereocenters. The summed E-state index contributed by atoms with van der Waals surface area (Å²) in [7, 11) is 0. The Morgan fingerprint density at radius 1 is 1.21 bits per heavy atom. The molecule has 0 unspecified atom stereocenters. The number of nitrogens with zero attached hydrogens (tertiary/aromatic N) is 1. The van der Waals surface area contributed by atoms with Crippen molar-refractivity contribution in [1.29, 1.82) is 0 Å². The van der Waals surface area contributed by atoms with Gasteiger partial charge in [-0.15, -0.1) is 0 Å². The van der Waals surface area contributed by atoms with Crippen LogP contribution < -0.4 is 5.32 Å². The molecule has 1 aliphatic heterocycles. The third-order valence-corrected chi connectivity index (χ3v) is 5.54. The number of carbonyl (C=O) groups excluding carboxylic acids is 2. The van der Waals surface area contributed by atoms with Crippen molar-refractivity contribution in [3.63, 3.8) is 0 Å². The molecule has 0 saturated carbocycles. The van der Waals surface area contributed by atoms with E-state index in [-0.39, 0.29) is 18.2 Å². The van der Waals surface area contributed by atoms with E-state index in [1.165, 1.54) is 5.69 Å². The first-order valence-corrected chi connectivity index (χ1v) is 9.81. The van der Waals surface area contributed by atoms with E-state index in [1.807, 2.05) is 48.2 Å².